The number of carbonyl (C=O) groups is 1. The van der Waals surface area contributed by atoms with Gasteiger partial charge < -0.3 is 10.2 Å². The summed E-state index contributed by atoms with van der Waals surface area (Å²) in [5, 5.41) is 5.23. The van der Waals surface area contributed by atoms with Crippen LogP contribution in [0.15, 0.2) is 47.8 Å². The molecule has 1 aliphatic rings. The molecule has 1 N–H and O–H groups in total. The van der Waals surface area contributed by atoms with Gasteiger partial charge in [-0.1, -0.05) is 36.4 Å². The summed E-state index contributed by atoms with van der Waals surface area (Å²) in [7, 11) is 0. The number of aryl methyl sites for hydroxylation is 1. The van der Waals surface area contributed by atoms with E-state index in [0.29, 0.717) is 6.42 Å². The van der Waals surface area contributed by atoms with Crippen LogP contribution in [0.1, 0.15) is 35.6 Å². The summed E-state index contributed by atoms with van der Waals surface area (Å²) in [6, 6.07) is 14.6. The van der Waals surface area contributed by atoms with E-state index >= 15 is 0 Å². The summed E-state index contributed by atoms with van der Waals surface area (Å²) in [5.41, 5.74) is 1.23. The molecule has 0 unspecified atom stereocenters. The summed E-state index contributed by atoms with van der Waals surface area (Å²) >= 11 is 1.88. The molecule has 2 aromatic rings. The van der Waals surface area contributed by atoms with Crippen molar-refractivity contribution < 1.29 is 4.79 Å². The third kappa shape index (κ3) is 5.18. The number of benzene rings is 1. The van der Waals surface area contributed by atoms with Crippen LogP contribution in [-0.4, -0.2) is 37.0 Å². The smallest absolute Gasteiger partial charge is 0.220 e. The second kappa shape index (κ2) is 9.00. The first kappa shape index (κ1) is 17.2. The van der Waals surface area contributed by atoms with Gasteiger partial charge in [0.2, 0.25) is 5.91 Å². The van der Waals surface area contributed by atoms with Crippen LogP contribution in [0.2, 0.25) is 0 Å². The number of thiophene rings is 1. The van der Waals surface area contributed by atoms with Crippen molar-refractivity contribution in [2.75, 3.05) is 26.2 Å². The molecular formula is C20H26N2OS. The highest BCUT2D eigenvalue weighted by Crippen LogP contribution is 2.30. The first-order valence-electron chi connectivity index (χ1n) is 8.87. The second-order valence-corrected chi connectivity index (χ2v) is 7.45. The number of amides is 1. The highest BCUT2D eigenvalue weighted by Gasteiger charge is 2.20. The van der Waals surface area contributed by atoms with Crippen molar-refractivity contribution >= 4 is 17.2 Å². The first-order chi connectivity index (χ1) is 11.8. The van der Waals surface area contributed by atoms with Crippen molar-refractivity contribution in [3.8, 4) is 0 Å². The average molecular weight is 343 g/mol. The van der Waals surface area contributed by atoms with Crippen LogP contribution in [0.4, 0.5) is 0 Å². The number of carbonyl (C=O) groups excluding carboxylic acids is 1. The zero-order chi connectivity index (χ0) is 16.6. The third-order valence-electron chi connectivity index (χ3n) is 4.77. The van der Waals surface area contributed by atoms with Crippen molar-refractivity contribution in [1.29, 1.82) is 0 Å². The van der Waals surface area contributed by atoms with E-state index in [1.807, 2.05) is 29.5 Å². The van der Waals surface area contributed by atoms with E-state index in [4.69, 9.17) is 0 Å². The van der Waals surface area contributed by atoms with Gasteiger partial charge in [-0.25, -0.2) is 0 Å². The van der Waals surface area contributed by atoms with Gasteiger partial charge in [-0.2, -0.15) is 0 Å². The molecule has 1 fully saturated rings. The van der Waals surface area contributed by atoms with Gasteiger partial charge in [-0.3, -0.25) is 4.79 Å². The molecule has 2 heterocycles. The summed E-state index contributed by atoms with van der Waals surface area (Å²) in [5.74, 6) is 0.897. The fourth-order valence-electron chi connectivity index (χ4n) is 3.31. The van der Waals surface area contributed by atoms with E-state index in [0.717, 1.165) is 38.5 Å². The standard InChI is InChI=1S/C20H26N2OS/c23-20(9-8-17-5-2-1-3-6-17)21-12-15-22-13-10-18(11-14-22)19-7-4-16-24-19/h1-7,16,18H,8-15H2,(H,21,23). The lowest BCUT2D eigenvalue weighted by Crippen LogP contribution is -2.39. The van der Waals surface area contributed by atoms with Gasteiger partial charge in [-0.05, 0) is 55.3 Å². The zero-order valence-electron chi connectivity index (χ0n) is 14.1. The highest BCUT2D eigenvalue weighted by atomic mass is 32.1. The quantitative estimate of drug-likeness (QED) is 0.832. The molecule has 0 aliphatic carbocycles. The Labute approximate surface area is 148 Å². The van der Waals surface area contributed by atoms with E-state index < -0.39 is 0 Å². The maximum atomic E-state index is 11.9. The lowest BCUT2D eigenvalue weighted by Gasteiger charge is -2.31. The summed E-state index contributed by atoms with van der Waals surface area (Å²) in [4.78, 5) is 15.9. The molecular weight excluding hydrogens is 316 g/mol. The minimum atomic E-state index is 0.160. The summed E-state index contributed by atoms with van der Waals surface area (Å²) < 4.78 is 0. The highest BCUT2D eigenvalue weighted by molar-refractivity contribution is 7.10. The Hall–Kier alpha value is -1.65. The van der Waals surface area contributed by atoms with Gasteiger partial charge in [-0.15, -0.1) is 11.3 Å². The Kier molecular flexibility index (Phi) is 6.44. The van der Waals surface area contributed by atoms with E-state index in [1.54, 1.807) is 0 Å². The Balaban J connectivity index is 1.29. The largest absolute Gasteiger partial charge is 0.355 e. The molecule has 3 nitrogen and oxygen atoms in total. The molecule has 1 aliphatic heterocycles. The van der Waals surface area contributed by atoms with Crippen molar-refractivity contribution in [2.45, 2.75) is 31.6 Å². The Morgan fingerprint density at radius 3 is 2.62 bits per heavy atom. The zero-order valence-corrected chi connectivity index (χ0v) is 14.9. The number of nitrogens with zero attached hydrogens (tertiary/aromatic N) is 1. The van der Waals surface area contributed by atoms with Crippen molar-refractivity contribution in [2.24, 2.45) is 0 Å². The Morgan fingerprint density at radius 2 is 1.92 bits per heavy atom. The van der Waals surface area contributed by atoms with Crippen molar-refractivity contribution in [3.05, 3.63) is 58.3 Å². The topological polar surface area (TPSA) is 32.3 Å². The fourth-order valence-corrected chi connectivity index (χ4v) is 4.21. The summed E-state index contributed by atoms with van der Waals surface area (Å²) in [6.07, 6.45) is 3.87. The Morgan fingerprint density at radius 1 is 1.12 bits per heavy atom. The maximum Gasteiger partial charge on any atom is 0.220 e. The van der Waals surface area contributed by atoms with Gasteiger partial charge in [0, 0.05) is 24.4 Å². The van der Waals surface area contributed by atoms with E-state index in [-0.39, 0.29) is 5.91 Å². The minimum Gasteiger partial charge on any atom is -0.355 e. The van der Waals surface area contributed by atoms with Crippen LogP contribution in [0.3, 0.4) is 0 Å². The molecule has 3 rings (SSSR count). The minimum absolute atomic E-state index is 0.160. The van der Waals surface area contributed by atoms with Crippen LogP contribution in [0, 0.1) is 0 Å². The van der Waals surface area contributed by atoms with Crippen LogP contribution < -0.4 is 5.32 Å². The number of likely N-dealkylation sites (tertiary alicyclic amines) is 1. The lowest BCUT2D eigenvalue weighted by atomic mass is 9.95. The molecule has 0 atom stereocenters. The van der Waals surface area contributed by atoms with Crippen LogP contribution in [0.25, 0.3) is 0 Å². The fraction of sp³-hybridized carbons (Fsp3) is 0.450. The maximum absolute atomic E-state index is 11.9. The van der Waals surface area contributed by atoms with Crippen LogP contribution >= 0.6 is 11.3 Å². The molecule has 1 aromatic carbocycles. The summed E-state index contributed by atoms with van der Waals surface area (Å²) in [6.45, 7) is 4.01. The van der Waals surface area contributed by atoms with E-state index in [2.05, 4.69) is 39.9 Å². The van der Waals surface area contributed by atoms with Crippen molar-refractivity contribution in [3.63, 3.8) is 0 Å². The van der Waals surface area contributed by atoms with Gasteiger partial charge >= 0.3 is 0 Å². The molecule has 24 heavy (non-hydrogen) atoms. The molecule has 0 bridgehead atoms. The lowest BCUT2D eigenvalue weighted by molar-refractivity contribution is -0.121. The van der Waals surface area contributed by atoms with E-state index in [9.17, 15) is 4.79 Å². The third-order valence-corrected chi connectivity index (χ3v) is 5.80. The normalized spacial score (nSPS) is 16.2. The molecule has 128 valence electrons. The number of rotatable bonds is 7. The molecule has 1 amide bonds. The van der Waals surface area contributed by atoms with Gasteiger partial charge in [0.05, 0.1) is 0 Å². The molecule has 0 radical (unpaired) electrons. The molecule has 0 spiro atoms. The van der Waals surface area contributed by atoms with Crippen LogP contribution in [0.5, 0.6) is 0 Å². The first-order valence-corrected chi connectivity index (χ1v) is 9.75. The van der Waals surface area contributed by atoms with Gasteiger partial charge in [0.1, 0.15) is 0 Å². The predicted octanol–water partition coefficient (Wildman–Crippen LogP) is 3.68. The van der Waals surface area contributed by atoms with Crippen LogP contribution in [-0.2, 0) is 11.2 Å². The molecule has 1 saturated heterocycles. The van der Waals surface area contributed by atoms with E-state index in [1.165, 1.54) is 23.3 Å². The Bertz CT molecular complexity index is 604. The monoisotopic (exact) mass is 342 g/mol. The SMILES string of the molecule is O=C(CCc1ccccc1)NCCN1CCC(c2cccs2)CC1. The van der Waals surface area contributed by atoms with Crippen molar-refractivity contribution in [1.82, 2.24) is 10.2 Å². The number of nitrogens with one attached hydrogen (secondary N) is 1. The molecule has 0 saturated carbocycles. The van der Waals surface area contributed by atoms with Gasteiger partial charge in [0.15, 0.2) is 0 Å². The predicted molar refractivity (Wildman–Crippen MR) is 101 cm³/mol. The number of hydrogen-bond acceptors (Lipinski definition) is 3. The molecule has 1 aromatic heterocycles. The average Bonchev–Trinajstić information content (AvgIpc) is 3.16. The second-order valence-electron chi connectivity index (χ2n) is 6.47. The van der Waals surface area contributed by atoms with Gasteiger partial charge in [0.25, 0.3) is 0 Å². The number of hydrogen-bond donors (Lipinski definition) is 1. The number of piperidine rings is 1. The molecule has 4 heteroatoms.